The van der Waals surface area contributed by atoms with Gasteiger partial charge >= 0.3 is 0 Å². The van der Waals surface area contributed by atoms with Gasteiger partial charge < -0.3 is 10.1 Å². The smallest absolute Gasteiger partial charge is 0.0730 e. The van der Waals surface area contributed by atoms with Gasteiger partial charge in [-0.15, -0.1) is 0 Å². The van der Waals surface area contributed by atoms with Gasteiger partial charge in [0.2, 0.25) is 0 Å². The van der Waals surface area contributed by atoms with Crippen molar-refractivity contribution in [2.24, 2.45) is 0 Å². The fraction of sp³-hybridized carbons (Fsp3) is 0.667. The molecule has 3 heteroatoms. The Morgan fingerprint density at radius 3 is 2.90 bits per heavy atom. The summed E-state index contributed by atoms with van der Waals surface area (Å²) in [6.45, 7) is 7.43. The Morgan fingerprint density at radius 1 is 1.29 bits per heavy atom. The number of hydrogen-bond donors (Lipinski definition) is 1. The molecular formula is C18H28N2O. The number of rotatable bonds is 4. The Hall–Kier alpha value is -0.900. The first-order valence-electron chi connectivity index (χ1n) is 8.29. The summed E-state index contributed by atoms with van der Waals surface area (Å²) >= 11 is 0. The topological polar surface area (TPSA) is 24.5 Å². The van der Waals surface area contributed by atoms with Gasteiger partial charge in [0, 0.05) is 25.2 Å². The average molecular weight is 288 g/mol. The Bertz CT molecular complexity index is 488. The van der Waals surface area contributed by atoms with Gasteiger partial charge in [-0.3, -0.25) is 4.90 Å². The van der Waals surface area contributed by atoms with E-state index in [2.05, 4.69) is 49.3 Å². The van der Waals surface area contributed by atoms with Crippen molar-refractivity contribution in [2.45, 2.75) is 51.3 Å². The monoisotopic (exact) mass is 288 g/mol. The van der Waals surface area contributed by atoms with E-state index in [-0.39, 0.29) is 0 Å². The van der Waals surface area contributed by atoms with E-state index in [0.29, 0.717) is 18.2 Å². The molecule has 1 N–H and O–H groups in total. The first-order valence-corrected chi connectivity index (χ1v) is 8.29. The molecule has 0 radical (unpaired) electrons. The number of morpholine rings is 1. The number of aryl methyl sites for hydroxylation is 2. The van der Waals surface area contributed by atoms with Gasteiger partial charge in [-0.2, -0.15) is 0 Å². The molecule has 3 nitrogen and oxygen atoms in total. The highest BCUT2D eigenvalue weighted by Crippen LogP contribution is 2.31. The highest BCUT2D eigenvalue weighted by Gasteiger charge is 2.36. The van der Waals surface area contributed by atoms with Crippen molar-refractivity contribution in [3.05, 3.63) is 34.9 Å². The first kappa shape index (κ1) is 15.0. The van der Waals surface area contributed by atoms with Crippen LogP contribution >= 0.6 is 0 Å². The molecule has 116 valence electrons. The summed E-state index contributed by atoms with van der Waals surface area (Å²) in [4.78, 5) is 2.65. The van der Waals surface area contributed by atoms with Crippen molar-refractivity contribution >= 4 is 0 Å². The maximum Gasteiger partial charge on any atom is 0.0730 e. The lowest BCUT2D eigenvalue weighted by molar-refractivity contribution is -0.0580. The van der Waals surface area contributed by atoms with Gasteiger partial charge in [0.1, 0.15) is 0 Å². The number of likely N-dealkylation sites (N-methyl/N-ethyl adjacent to an activating group) is 1. The van der Waals surface area contributed by atoms with Crippen LogP contribution in [-0.4, -0.2) is 43.8 Å². The Balaban J connectivity index is 1.72. The molecule has 1 aromatic carbocycles. The standard InChI is InChI=1S/C18H28N2O/c1-13-7-8-15(11-14(13)2)16(19-3)12-20-9-10-21-18-6-4-5-17(18)20/h7-8,11,16-19H,4-6,9-10,12H2,1-3H3. The van der Waals surface area contributed by atoms with Gasteiger partial charge in [0.25, 0.3) is 0 Å². The third-order valence-electron chi connectivity index (χ3n) is 5.30. The normalized spacial score (nSPS) is 27.6. The molecule has 1 saturated heterocycles. The maximum absolute atomic E-state index is 5.93. The van der Waals surface area contributed by atoms with Crippen molar-refractivity contribution in [1.82, 2.24) is 10.2 Å². The van der Waals surface area contributed by atoms with Crippen LogP contribution in [0, 0.1) is 13.8 Å². The molecule has 3 rings (SSSR count). The second-order valence-corrected chi connectivity index (χ2v) is 6.59. The minimum Gasteiger partial charge on any atom is -0.375 e. The molecule has 3 atom stereocenters. The van der Waals surface area contributed by atoms with E-state index in [1.807, 2.05) is 0 Å². The van der Waals surface area contributed by atoms with Crippen molar-refractivity contribution in [3.63, 3.8) is 0 Å². The third kappa shape index (κ3) is 3.15. The Kier molecular flexibility index (Phi) is 4.63. The molecule has 0 amide bonds. The van der Waals surface area contributed by atoms with Crippen LogP contribution in [-0.2, 0) is 4.74 Å². The van der Waals surface area contributed by atoms with Crippen LogP contribution in [0.15, 0.2) is 18.2 Å². The molecule has 1 aromatic rings. The fourth-order valence-electron chi connectivity index (χ4n) is 3.81. The lowest BCUT2D eigenvalue weighted by atomic mass is 9.99. The summed E-state index contributed by atoms with van der Waals surface area (Å²) in [5.41, 5.74) is 4.16. The van der Waals surface area contributed by atoms with E-state index in [0.717, 1.165) is 19.7 Å². The van der Waals surface area contributed by atoms with Crippen molar-refractivity contribution in [1.29, 1.82) is 0 Å². The minimum atomic E-state index is 0.406. The predicted molar refractivity (Wildman–Crippen MR) is 86.7 cm³/mol. The number of hydrogen-bond acceptors (Lipinski definition) is 3. The van der Waals surface area contributed by atoms with E-state index in [9.17, 15) is 0 Å². The van der Waals surface area contributed by atoms with Gasteiger partial charge in [-0.1, -0.05) is 18.2 Å². The van der Waals surface area contributed by atoms with Crippen LogP contribution < -0.4 is 5.32 Å². The maximum atomic E-state index is 5.93. The van der Waals surface area contributed by atoms with Crippen molar-refractivity contribution < 1.29 is 4.74 Å². The largest absolute Gasteiger partial charge is 0.375 e. The summed E-state index contributed by atoms with van der Waals surface area (Å²) < 4.78 is 5.93. The van der Waals surface area contributed by atoms with Gasteiger partial charge in [0.05, 0.1) is 12.7 Å². The molecule has 0 spiro atoms. The molecule has 1 aliphatic heterocycles. The molecule has 21 heavy (non-hydrogen) atoms. The van der Waals surface area contributed by atoms with Crippen LogP contribution in [0.1, 0.15) is 42.0 Å². The van der Waals surface area contributed by atoms with Gasteiger partial charge in [0.15, 0.2) is 0 Å². The number of ether oxygens (including phenoxy) is 1. The van der Waals surface area contributed by atoms with Gasteiger partial charge in [-0.05, 0) is 56.8 Å². The van der Waals surface area contributed by atoms with Crippen LogP contribution in [0.25, 0.3) is 0 Å². The number of nitrogens with one attached hydrogen (secondary N) is 1. The summed E-state index contributed by atoms with van der Waals surface area (Å²) in [6, 6.07) is 7.90. The Labute approximate surface area is 128 Å². The van der Waals surface area contributed by atoms with E-state index >= 15 is 0 Å². The van der Waals surface area contributed by atoms with E-state index in [1.54, 1.807) is 0 Å². The first-order chi connectivity index (χ1) is 10.2. The zero-order chi connectivity index (χ0) is 14.8. The lowest BCUT2D eigenvalue weighted by Crippen LogP contribution is -2.50. The number of nitrogens with zero attached hydrogens (tertiary/aromatic N) is 1. The molecule has 0 aromatic heterocycles. The highest BCUT2D eigenvalue weighted by molar-refractivity contribution is 5.32. The van der Waals surface area contributed by atoms with E-state index in [1.165, 1.54) is 36.0 Å². The molecular weight excluding hydrogens is 260 g/mol. The van der Waals surface area contributed by atoms with Crippen LogP contribution in [0.2, 0.25) is 0 Å². The average Bonchev–Trinajstić information content (AvgIpc) is 2.97. The zero-order valence-electron chi connectivity index (χ0n) is 13.6. The summed E-state index contributed by atoms with van der Waals surface area (Å²) in [7, 11) is 2.08. The molecule has 1 aliphatic carbocycles. The number of benzene rings is 1. The van der Waals surface area contributed by atoms with Crippen molar-refractivity contribution in [2.75, 3.05) is 26.7 Å². The number of fused-ring (bicyclic) bond motifs is 1. The minimum absolute atomic E-state index is 0.406. The van der Waals surface area contributed by atoms with Crippen molar-refractivity contribution in [3.8, 4) is 0 Å². The fourth-order valence-corrected chi connectivity index (χ4v) is 3.81. The summed E-state index contributed by atoms with van der Waals surface area (Å²) in [5, 5.41) is 3.51. The molecule has 2 aliphatic rings. The molecule has 1 heterocycles. The lowest BCUT2D eigenvalue weighted by Gasteiger charge is -2.39. The van der Waals surface area contributed by atoms with E-state index < -0.39 is 0 Å². The molecule has 3 unspecified atom stereocenters. The second kappa shape index (κ2) is 6.47. The van der Waals surface area contributed by atoms with Gasteiger partial charge in [-0.25, -0.2) is 0 Å². The van der Waals surface area contributed by atoms with E-state index in [4.69, 9.17) is 4.74 Å². The molecule has 2 fully saturated rings. The Morgan fingerprint density at radius 2 is 2.14 bits per heavy atom. The highest BCUT2D eigenvalue weighted by atomic mass is 16.5. The zero-order valence-corrected chi connectivity index (χ0v) is 13.6. The van der Waals surface area contributed by atoms with Crippen LogP contribution in [0.5, 0.6) is 0 Å². The van der Waals surface area contributed by atoms with Crippen LogP contribution in [0.3, 0.4) is 0 Å². The second-order valence-electron chi connectivity index (χ2n) is 6.59. The SMILES string of the molecule is CNC(CN1CCOC2CCCC21)c1ccc(C)c(C)c1. The summed E-state index contributed by atoms with van der Waals surface area (Å²) in [6.07, 6.45) is 4.35. The third-order valence-corrected chi connectivity index (χ3v) is 5.30. The quantitative estimate of drug-likeness (QED) is 0.922. The molecule has 0 bridgehead atoms. The molecule has 1 saturated carbocycles. The summed E-state index contributed by atoms with van der Waals surface area (Å²) in [5.74, 6) is 0. The predicted octanol–water partition coefficient (Wildman–Crippen LogP) is 2.82. The van der Waals surface area contributed by atoms with Crippen LogP contribution in [0.4, 0.5) is 0 Å².